The van der Waals surface area contributed by atoms with E-state index in [2.05, 4.69) is 96.4 Å². The van der Waals surface area contributed by atoms with Gasteiger partial charge in [0.1, 0.15) is 5.75 Å². The van der Waals surface area contributed by atoms with Gasteiger partial charge in [-0.15, -0.1) is 0 Å². The number of fused-ring (bicyclic) bond motifs is 1. The van der Waals surface area contributed by atoms with Crippen molar-refractivity contribution in [2.24, 2.45) is 0 Å². The Morgan fingerprint density at radius 2 is 1.50 bits per heavy atom. The van der Waals surface area contributed by atoms with Crippen LogP contribution in [0.25, 0.3) is 16.7 Å². The minimum atomic E-state index is -0.128. The van der Waals surface area contributed by atoms with Crippen LogP contribution in [0.3, 0.4) is 0 Å². The Balaban J connectivity index is 1.38. The fourth-order valence-corrected chi connectivity index (χ4v) is 3.68. The molecule has 0 radical (unpaired) electrons. The fourth-order valence-electron chi connectivity index (χ4n) is 3.68. The van der Waals surface area contributed by atoms with Crippen molar-refractivity contribution in [1.82, 2.24) is 0 Å². The molecule has 5 rings (SSSR count). The topological polar surface area (TPSA) is 21.3 Å². The van der Waals surface area contributed by atoms with Gasteiger partial charge in [-0.3, -0.25) is 0 Å². The van der Waals surface area contributed by atoms with E-state index in [9.17, 15) is 0 Å². The van der Waals surface area contributed by atoms with Gasteiger partial charge in [-0.05, 0) is 46.4 Å². The fraction of sp³-hybridized carbons (Fsp3) is 0.0769. The van der Waals surface area contributed by atoms with Crippen LogP contribution in [0.15, 0.2) is 109 Å². The number of anilines is 1. The number of hydrogen-bond donors (Lipinski definition) is 1. The molecule has 28 heavy (non-hydrogen) atoms. The summed E-state index contributed by atoms with van der Waals surface area (Å²) in [6.45, 7) is 0. The summed E-state index contributed by atoms with van der Waals surface area (Å²) in [5.41, 5.74) is 7.12. The predicted molar refractivity (Wildman–Crippen MR) is 116 cm³/mol. The molecule has 0 spiro atoms. The number of hydrogen-bond acceptors (Lipinski definition) is 2. The van der Waals surface area contributed by atoms with Gasteiger partial charge in [0, 0.05) is 0 Å². The van der Waals surface area contributed by atoms with Crippen LogP contribution in [-0.4, -0.2) is 6.23 Å². The van der Waals surface area contributed by atoms with Crippen molar-refractivity contribution in [3.8, 4) is 16.9 Å². The first-order chi connectivity index (χ1) is 13.9. The standard InChI is InChI=1S/C26H21NO/c1-3-8-19(9-4-1)21-12-7-13-22(15-14-21)26-27-24-18-23(16-17-25(24)28-26)20-10-5-2-6-11-20/h1-12,14-18,26-27H,13H2. The number of nitrogens with one attached hydrogen (secondary N) is 1. The lowest BCUT2D eigenvalue weighted by Gasteiger charge is -2.13. The molecular formula is C26H21NO. The van der Waals surface area contributed by atoms with E-state index in [0.29, 0.717) is 0 Å². The van der Waals surface area contributed by atoms with Crippen LogP contribution in [0.2, 0.25) is 0 Å². The van der Waals surface area contributed by atoms with Crippen molar-refractivity contribution in [1.29, 1.82) is 0 Å². The normalized spacial score (nSPS) is 17.6. The summed E-state index contributed by atoms with van der Waals surface area (Å²) in [4.78, 5) is 0. The van der Waals surface area contributed by atoms with Crippen molar-refractivity contribution in [3.05, 3.63) is 114 Å². The molecule has 0 bridgehead atoms. The summed E-state index contributed by atoms with van der Waals surface area (Å²) in [6.07, 6.45) is 9.50. The van der Waals surface area contributed by atoms with Gasteiger partial charge in [0.25, 0.3) is 0 Å². The second-order valence-electron chi connectivity index (χ2n) is 7.06. The first-order valence-electron chi connectivity index (χ1n) is 9.62. The minimum absolute atomic E-state index is 0.128. The van der Waals surface area contributed by atoms with E-state index in [1.807, 2.05) is 12.1 Å². The van der Waals surface area contributed by atoms with E-state index >= 15 is 0 Å². The zero-order valence-corrected chi connectivity index (χ0v) is 15.5. The van der Waals surface area contributed by atoms with Crippen LogP contribution < -0.4 is 10.1 Å². The smallest absolute Gasteiger partial charge is 0.193 e. The Bertz CT molecular complexity index is 1080. The molecule has 2 nitrogen and oxygen atoms in total. The second kappa shape index (κ2) is 7.24. The molecule has 3 aromatic rings. The number of rotatable bonds is 3. The molecule has 1 N–H and O–H groups in total. The number of benzene rings is 3. The lowest BCUT2D eigenvalue weighted by molar-refractivity contribution is 0.287. The van der Waals surface area contributed by atoms with Crippen molar-refractivity contribution in [2.45, 2.75) is 12.6 Å². The highest BCUT2D eigenvalue weighted by atomic mass is 16.5. The Kier molecular flexibility index (Phi) is 4.30. The van der Waals surface area contributed by atoms with Crippen LogP contribution in [0.1, 0.15) is 12.0 Å². The molecule has 0 amide bonds. The Labute approximate surface area is 165 Å². The summed E-state index contributed by atoms with van der Waals surface area (Å²) >= 11 is 0. The van der Waals surface area contributed by atoms with Crippen molar-refractivity contribution < 1.29 is 4.74 Å². The van der Waals surface area contributed by atoms with Crippen molar-refractivity contribution >= 4 is 11.3 Å². The molecule has 1 heterocycles. The maximum atomic E-state index is 6.19. The van der Waals surface area contributed by atoms with E-state index in [-0.39, 0.29) is 6.23 Å². The van der Waals surface area contributed by atoms with Crippen LogP contribution >= 0.6 is 0 Å². The van der Waals surface area contributed by atoms with Crippen LogP contribution in [0.4, 0.5) is 5.69 Å². The lowest BCUT2D eigenvalue weighted by Crippen LogP contribution is -2.22. The molecular weight excluding hydrogens is 342 g/mol. The summed E-state index contributed by atoms with van der Waals surface area (Å²) in [6, 6.07) is 27.2. The molecule has 1 atom stereocenters. The maximum absolute atomic E-state index is 6.19. The third-order valence-electron chi connectivity index (χ3n) is 5.19. The Morgan fingerprint density at radius 3 is 2.29 bits per heavy atom. The van der Waals surface area contributed by atoms with Crippen LogP contribution in [0.5, 0.6) is 5.75 Å². The Hall–Kier alpha value is -3.52. The highest BCUT2D eigenvalue weighted by molar-refractivity contribution is 5.77. The molecule has 136 valence electrons. The summed E-state index contributed by atoms with van der Waals surface area (Å²) in [5.74, 6) is 0.908. The first kappa shape index (κ1) is 16.6. The molecule has 2 heteroatoms. The van der Waals surface area contributed by atoms with Crippen molar-refractivity contribution in [3.63, 3.8) is 0 Å². The van der Waals surface area contributed by atoms with E-state index in [0.717, 1.165) is 17.9 Å². The first-order valence-corrected chi connectivity index (χ1v) is 9.62. The molecule has 0 aromatic heterocycles. The summed E-state index contributed by atoms with van der Waals surface area (Å²) < 4.78 is 6.19. The third kappa shape index (κ3) is 3.25. The average molecular weight is 363 g/mol. The van der Waals surface area contributed by atoms with E-state index in [4.69, 9.17) is 4.74 Å². The van der Waals surface area contributed by atoms with Gasteiger partial charge in [-0.2, -0.15) is 0 Å². The quantitative estimate of drug-likeness (QED) is 0.577. The minimum Gasteiger partial charge on any atom is -0.465 e. The maximum Gasteiger partial charge on any atom is 0.193 e. The molecule has 0 fully saturated rings. The zero-order chi connectivity index (χ0) is 18.8. The molecule has 1 aliphatic carbocycles. The predicted octanol–water partition coefficient (Wildman–Crippen LogP) is 6.45. The van der Waals surface area contributed by atoms with E-state index in [1.54, 1.807) is 0 Å². The highest BCUT2D eigenvalue weighted by Crippen LogP contribution is 2.38. The van der Waals surface area contributed by atoms with Gasteiger partial charge in [-0.25, -0.2) is 0 Å². The lowest BCUT2D eigenvalue weighted by atomic mass is 10.0. The van der Waals surface area contributed by atoms with Gasteiger partial charge >= 0.3 is 0 Å². The van der Waals surface area contributed by atoms with Crippen molar-refractivity contribution in [2.75, 3.05) is 5.32 Å². The SMILES string of the molecule is C1=CC(c2ccccc2)=CC=C(C2Nc3cc(-c4ccccc4)ccc3O2)C1. The average Bonchev–Trinajstić information content (AvgIpc) is 3.03. The van der Waals surface area contributed by atoms with E-state index in [1.165, 1.54) is 27.8 Å². The zero-order valence-electron chi connectivity index (χ0n) is 15.5. The van der Waals surface area contributed by atoms with Gasteiger partial charge < -0.3 is 10.1 Å². The second-order valence-corrected chi connectivity index (χ2v) is 7.06. The number of allylic oxidation sites excluding steroid dienone is 5. The molecule has 0 saturated carbocycles. The molecule has 1 aliphatic heterocycles. The van der Waals surface area contributed by atoms with Gasteiger partial charge in [0.15, 0.2) is 6.23 Å². The van der Waals surface area contributed by atoms with E-state index < -0.39 is 0 Å². The third-order valence-corrected chi connectivity index (χ3v) is 5.19. The van der Waals surface area contributed by atoms with Gasteiger partial charge in [0.2, 0.25) is 0 Å². The van der Waals surface area contributed by atoms with Crippen LogP contribution in [-0.2, 0) is 0 Å². The molecule has 2 aliphatic rings. The largest absolute Gasteiger partial charge is 0.465 e. The molecule has 3 aromatic carbocycles. The number of ether oxygens (including phenoxy) is 1. The molecule has 0 saturated heterocycles. The molecule has 1 unspecified atom stereocenters. The van der Waals surface area contributed by atoms with Crippen LogP contribution in [0, 0.1) is 0 Å². The summed E-state index contributed by atoms with van der Waals surface area (Å²) in [5, 5.41) is 3.54. The monoisotopic (exact) mass is 363 g/mol. The van der Waals surface area contributed by atoms with Gasteiger partial charge in [0.05, 0.1) is 5.69 Å². The van der Waals surface area contributed by atoms with Gasteiger partial charge in [-0.1, -0.05) is 91.0 Å². The Morgan fingerprint density at radius 1 is 0.750 bits per heavy atom. The summed E-state index contributed by atoms with van der Waals surface area (Å²) in [7, 11) is 0. The highest BCUT2D eigenvalue weighted by Gasteiger charge is 2.25.